The molecule has 2 aromatic carbocycles. The number of hydrogen-bond donors (Lipinski definition) is 2. The Labute approximate surface area is 186 Å². The van der Waals surface area contributed by atoms with Gasteiger partial charge in [-0.15, -0.1) is 0 Å². The van der Waals surface area contributed by atoms with Gasteiger partial charge in [-0.05, 0) is 37.0 Å². The molecule has 0 spiro atoms. The van der Waals surface area contributed by atoms with Crippen molar-refractivity contribution in [3.63, 3.8) is 0 Å². The van der Waals surface area contributed by atoms with E-state index < -0.39 is 5.91 Å². The first-order chi connectivity index (χ1) is 15.5. The fraction of sp³-hybridized carbons (Fsp3) is 0.280. The second-order valence-corrected chi connectivity index (χ2v) is 8.00. The van der Waals surface area contributed by atoms with Crippen LogP contribution in [0.2, 0.25) is 0 Å². The Bertz CT molecular complexity index is 1040. The van der Waals surface area contributed by atoms with Gasteiger partial charge in [0.2, 0.25) is 17.7 Å². The van der Waals surface area contributed by atoms with Crippen molar-refractivity contribution >= 4 is 29.3 Å². The first-order valence-electron chi connectivity index (χ1n) is 10.8. The Morgan fingerprint density at radius 3 is 2.19 bits per heavy atom. The zero-order valence-electron chi connectivity index (χ0n) is 17.6. The van der Waals surface area contributed by atoms with Gasteiger partial charge in [-0.1, -0.05) is 54.6 Å². The highest BCUT2D eigenvalue weighted by Crippen LogP contribution is 2.34. The molecule has 2 aliphatic rings. The Morgan fingerprint density at radius 1 is 0.875 bits per heavy atom. The van der Waals surface area contributed by atoms with E-state index in [1.807, 2.05) is 42.5 Å². The Kier molecular flexibility index (Phi) is 6.44. The summed E-state index contributed by atoms with van der Waals surface area (Å²) in [7, 11) is 0. The van der Waals surface area contributed by atoms with Gasteiger partial charge in [-0.3, -0.25) is 24.1 Å². The molecule has 7 nitrogen and oxygen atoms in total. The quantitative estimate of drug-likeness (QED) is 0.520. The Morgan fingerprint density at radius 2 is 1.50 bits per heavy atom. The number of carbonyl (C=O) groups is 4. The molecule has 1 fully saturated rings. The van der Waals surface area contributed by atoms with Crippen molar-refractivity contribution in [1.29, 1.82) is 0 Å². The van der Waals surface area contributed by atoms with Crippen LogP contribution in [0.4, 0.5) is 5.69 Å². The van der Waals surface area contributed by atoms with E-state index in [0.29, 0.717) is 37.1 Å². The van der Waals surface area contributed by atoms with Crippen molar-refractivity contribution in [3.05, 3.63) is 77.9 Å². The van der Waals surface area contributed by atoms with E-state index in [4.69, 9.17) is 0 Å². The number of nitrogens with one attached hydrogen (secondary N) is 2. The van der Waals surface area contributed by atoms with Gasteiger partial charge >= 0.3 is 0 Å². The lowest BCUT2D eigenvalue weighted by Gasteiger charge is -2.16. The standard InChI is InChI=1S/C25H25N3O4/c29-22(16-28-24(31)18-10-4-5-11-19(18)25(28)32)27-21-13-7-6-12-20(21)23(30)26-15-14-17-8-2-1-3-9-17/h1-9,12-13,18-19H,10-11,14-16H2,(H,26,30)(H,27,29)/t18-,19-/m0/s1. The molecule has 4 rings (SSSR count). The zero-order chi connectivity index (χ0) is 22.5. The second kappa shape index (κ2) is 9.60. The minimum atomic E-state index is -0.511. The molecule has 0 radical (unpaired) electrons. The number of rotatable bonds is 7. The minimum absolute atomic E-state index is 0.300. The fourth-order valence-corrected chi connectivity index (χ4v) is 4.21. The molecule has 0 aromatic heterocycles. The lowest BCUT2D eigenvalue weighted by molar-refractivity contribution is -0.142. The maximum absolute atomic E-state index is 12.7. The van der Waals surface area contributed by atoms with Gasteiger partial charge in [0, 0.05) is 6.54 Å². The Hall–Kier alpha value is -3.74. The molecule has 0 unspecified atom stereocenters. The summed E-state index contributed by atoms with van der Waals surface area (Å²) in [6.45, 7) is 0.105. The van der Waals surface area contributed by atoms with Crippen LogP contribution in [0.25, 0.3) is 0 Å². The van der Waals surface area contributed by atoms with Crippen LogP contribution in [-0.2, 0) is 20.8 Å². The molecule has 7 heteroatoms. The molecule has 2 N–H and O–H groups in total. The number of amides is 4. The first-order valence-corrected chi connectivity index (χ1v) is 10.8. The van der Waals surface area contributed by atoms with Crippen LogP contribution in [0, 0.1) is 11.8 Å². The summed E-state index contributed by atoms with van der Waals surface area (Å²) >= 11 is 0. The summed E-state index contributed by atoms with van der Waals surface area (Å²) in [6, 6.07) is 16.5. The monoisotopic (exact) mass is 431 g/mol. The highest BCUT2D eigenvalue weighted by molar-refractivity contribution is 6.10. The Balaban J connectivity index is 1.36. The largest absolute Gasteiger partial charge is 0.352 e. The lowest BCUT2D eigenvalue weighted by Crippen LogP contribution is -2.38. The lowest BCUT2D eigenvalue weighted by atomic mass is 9.85. The third-order valence-corrected chi connectivity index (χ3v) is 5.89. The van der Waals surface area contributed by atoms with E-state index in [1.165, 1.54) is 0 Å². The molecular weight excluding hydrogens is 406 g/mol. The van der Waals surface area contributed by atoms with Gasteiger partial charge in [-0.2, -0.15) is 0 Å². The topological polar surface area (TPSA) is 95.6 Å². The van der Waals surface area contributed by atoms with Gasteiger partial charge in [0.1, 0.15) is 6.54 Å². The number of imide groups is 1. The van der Waals surface area contributed by atoms with Crippen LogP contribution in [0.1, 0.15) is 28.8 Å². The molecule has 1 heterocycles. The average Bonchev–Trinajstić information content (AvgIpc) is 3.05. The van der Waals surface area contributed by atoms with Crippen LogP contribution in [0.15, 0.2) is 66.7 Å². The molecular formula is C25H25N3O4. The number of hydrogen-bond acceptors (Lipinski definition) is 4. The van der Waals surface area contributed by atoms with E-state index in [2.05, 4.69) is 10.6 Å². The highest BCUT2D eigenvalue weighted by atomic mass is 16.2. The second-order valence-electron chi connectivity index (χ2n) is 8.00. The summed E-state index contributed by atoms with van der Waals surface area (Å²) in [6.07, 6.45) is 5.56. The van der Waals surface area contributed by atoms with Crippen molar-refractivity contribution in [1.82, 2.24) is 10.2 Å². The van der Waals surface area contributed by atoms with Crippen LogP contribution >= 0.6 is 0 Å². The molecule has 2 atom stereocenters. The summed E-state index contributed by atoms with van der Waals surface area (Å²) in [5.41, 5.74) is 1.78. The van der Waals surface area contributed by atoms with Crippen molar-refractivity contribution in [2.45, 2.75) is 19.3 Å². The number of allylic oxidation sites excluding steroid dienone is 2. The summed E-state index contributed by atoms with van der Waals surface area (Å²) in [4.78, 5) is 51.5. The van der Waals surface area contributed by atoms with Crippen LogP contribution in [0.5, 0.6) is 0 Å². The summed E-state index contributed by atoms with van der Waals surface area (Å²) in [5, 5.41) is 5.55. The van der Waals surface area contributed by atoms with Crippen LogP contribution in [-0.4, -0.2) is 41.6 Å². The number of likely N-dealkylation sites (tertiary alicyclic amines) is 1. The van der Waals surface area contributed by atoms with Gasteiger partial charge in [0.25, 0.3) is 5.91 Å². The molecule has 2 aromatic rings. The molecule has 1 aliphatic heterocycles. The molecule has 4 amide bonds. The SMILES string of the molecule is O=C(CN1C(=O)[C@H]2CC=CC[C@@H]2C1=O)Nc1ccccc1C(=O)NCCc1ccccc1. The maximum Gasteiger partial charge on any atom is 0.253 e. The van der Waals surface area contributed by atoms with Crippen molar-refractivity contribution in [2.24, 2.45) is 11.8 Å². The van der Waals surface area contributed by atoms with Crippen molar-refractivity contribution in [3.8, 4) is 0 Å². The smallest absolute Gasteiger partial charge is 0.253 e. The molecule has 164 valence electrons. The maximum atomic E-state index is 12.7. The number of carbonyl (C=O) groups excluding carboxylic acids is 4. The predicted molar refractivity (Wildman–Crippen MR) is 120 cm³/mol. The molecule has 1 aliphatic carbocycles. The summed E-state index contributed by atoms with van der Waals surface area (Å²) < 4.78 is 0. The molecule has 1 saturated heterocycles. The van der Waals surface area contributed by atoms with Crippen LogP contribution in [0.3, 0.4) is 0 Å². The summed E-state index contributed by atoms with van der Waals surface area (Å²) in [5.74, 6) is -2.16. The van der Waals surface area contributed by atoms with E-state index in [-0.39, 0.29) is 36.1 Å². The first kappa shape index (κ1) is 21.5. The highest BCUT2D eigenvalue weighted by Gasteiger charge is 2.47. The third kappa shape index (κ3) is 4.61. The number of anilines is 1. The molecule has 0 bridgehead atoms. The predicted octanol–water partition coefficient (Wildman–Crippen LogP) is 2.55. The number of benzene rings is 2. The average molecular weight is 431 g/mol. The fourth-order valence-electron chi connectivity index (χ4n) is 4.21. The van der Waals surface area contributed by atoms with E-state index >= 15 is 0 Å². The van der Waals surface area contributed by atoms with E-state index in [9.17, 15) is 19.2 Å². The minimum Gasteiger partial charge on any atom is -0.352 e. The van der Waals surface area contributed by atoms with E-state index in [0.717, 1.165) is 10.5 Å². The van der Waals surface area contributed by atoms with Crippen LogP contribution < -0.4 is 10.6 Å². The number of para-hydroxylation sites is 1. The van der Waals surface area contributed by atoms with Crippen molar-refractivity contribution in [2.75, 3.05) is 18.4 Å². The van der Waals surface area contributed by atoms with E-state index in [1.54, 1.807) is 24.3 Å². The molecule has 32 heavy (non-hydrogen) atoms. The normalized spacial score (nSPS) is 19.6. The van der Waals surface area contributed by atoms with Gasteiger partial charge in [0.05, 0.1) is 23.1 Å². The van der Waals surface area contributed by atoms with Gasteiger partial charge in [0.15, 0.2) is 0 Å². The number of fused-ring (bicyclic) bond motifs is 1. The van der Waals surface area contributed by atoms with Gasteiger partial charge in [-0.25, -0.2) is 0 Å². The molecule has 0 saturated carbocycles. The van der Waals surface area contributed by atoms with Gasteiger partial charge < -0.3 is 10.6 Å². The zero-order valence-corrected chi connectivity index (χ0v) is 17.6. The third-order valence-electron chi connectivity index (χ3n) is 5.89. The van der Waals surface area contributed by atoms with Crippen molar-refractivity contribution < 1.29 is 19.2 Å². The number of nitrogens with zero attached hydrogens (tertiary/aromatic N) is 1.